The molecule has 0 radical (unpaired) electrons. The molecule has 5 heteroatoms. The Morgan fingerprint density at radius 1 is 1.58 bits per heavy atom. The van der Waals surface area contributed by atoms with E-state index in [2.05, 4.69) is 11.4 Å². The third-order valence-corrected chi connectivity index (χ3v) is 5.09. The lowest BCUT2D eigenvalue weighted by Gasteiger charge is -2.24. The third kappa shape index (κ3) is 2.66. The molecule has 1 aromatic heterocycles. The smallest absolute Gasteiger partial charge is 0.329 e. The zero-order valence-corrected chi connectivity index (χ0v) is 12.2. The summed E-state index contributed by atoms with van der Waals surface area (Å²) in [6.07, 6.45) is 1.20. The lowest BCUT2D eigenvalue weighted by molar-refractivity contribution is -0.147. The van der Waals surface area contributed by atoms with Crippen LogP contribution in [0.1, 0.15) is 43.0 Å². The number of aliphatic carboxylic acids is 1. The van der Waals surface area contributed by atoms with Crippen molar-refractivity contribution in [2.75, 3.05) is 0 Å². The maximum atomic E-state index is 12.1. The van der Waals surface area contributed by atoms with Gasteiger partial charge in [-0.2, -0.15) is 0 Å². The molecule has 0 saturated heterocycles. The van der Waals surface area contributed by atoms with Gasteiger partial charge in [-0.25, -0.2) is 4.79 Å². The molecule has 1 aliphatic rings. The average Bonchev–Trinajstić information content (AvgIpc) is 3.04. The zero-order valence-electron chi connectivity index (χ0n) is 11.4. The van der Waals surface area contributed by atoms with Gasteiger partial charge in [0.25, 0.3) is 0 Å². The summed E-state index contributed by atoms with van der Waals surface area (Å²) in [4.78, 5) is 24.6. The maximum Gasteiger partial charge on any atom is 0.329 e. The molecule has 1 fully saturated rings. The first-order valence-corrected chi connectivity index (χ1v) is 7.36. The quantitative estimate of drug-likeness (QED) is 0.871. The standard InChI is InChI=1S/C14H19NO3S/c1-4-14(3,13(17)18)15-12(16)10-7-9(10)11-8(2)5-6-19-11/h5-6,9-10H,4,7H2,1-3H3,(H,15,16)(H,17,18). The summed E-state index contributed by atoms with van der Waals surface area (Å²) in [5.41, 5.74) is 0.0659. The monoisotopic (exact) mass is 281 g/mol. The van der Waals surface area contributed by atoms with Crippen molar-refractivity contribution in [1.29, 1.82) is 0 Å². The molecule has 1 amide bonds. The van der Waals surface area contributed by atoms with Gasteiger partial charge in [0.05, 0.1) is 0 Å². The Bertz CT molecular complexity index is 511. The normalized spacial score (nSPS) is 24.6. The summed E-state index contributed by atoms with van der Waals surface area (Å²) in [6.45, 7) is 5.37. The molecule has 19 heavy (non-hydrogen) atoms. The summed E-state index contributed by atoms with van der Waals surface area (Å²) >= 11 is 1.68. The van der Waals surface area contributed by atoms with Crippen molar-refractivity contribution in [3.63, 3.8) is 0 Å². The molecule has 2 rings (SSSR count). The van der Waals surface area contributed by atoms with E-state index in [1.54, 1.807) is 25.2 Å². The number of thiophene rings is 1. The van der Waals surface area contributed by atoms with Crippen molar-refractivity contribution in [3.05, 3.63) is 21.9 Å². The van der Waals surface area contributed by atoms with Crippen LogP contribution in [-0.2, 0) is 9.59 Å². The molecule has 3 unspecified atom stereocenters. The van der Waals surface area contributed by atoms with Gasteiger partial charge in [-0.1, -0.05) is 6.92 Å². The second kappa shape index (κ2) is 4.96. The van der Waals surface area contributed by atoms with E-state index in [0.717, 1.165) is 6.42 Å². The minimum absolute atomic E-state index is 0.0671. The SMILES string of the molecule is CCC(C)(NC(=O)C1CC1c1sccc1C)C(=O)O. The predicted octanol–water partition coefficient (Wildman–Crippen LogP) is 2.53. The fourth-order valence-corrected chi connectivity index (χ4v) is 3.30. The number of rotatable bonds is 5. The van der Waals surface area contributed by atoms with Gasteiger partial charge in [-0.15, -0.1) is 11.3 Å². The number of carbonyl (C=O) groups is 2. The van der Waals surface area contributed by atoms with E-state index >= 15 is 0 Å². The van der Waals surface area contributed by atoms with Crippen LogP contribution in [0.15, 0.2) is 11.4 Å². The number of carboxylic acids is 1. The minimum atomic E-state index is -1.16. The van der Waals surface area contributed by atoms with Crippen LogP contribution in [0.4, 0.5) is 0 Å². The van der Waals surface area contributed by atoms with E-state index in [-0.39, 0.29) is 17.7 Å². The lowest BCUT2D eigenvalue weighted by Crippen LogP contribution is -2.52. The second-order valence-corrected chi connectivity index (χ2v) is 6.34. The van der Waals surface area contributed by atoms with Gasteiger partial charge in [0.1, 0.15) is 5.54 Å². The lowest BCUT2D eigenvalue weighted by atomic mass is 9.99. The van der Waals surface area contributed by atoms with E-state index in [1.807, 2.05) is 12.3 Å². The molecule has 104 valence electrons. The summed E-state index contributed by atoms with van der Waals surface area (Å²) in [5, 5.41) is 13.9. The number of hydrogen-bond donors (Lipinski definition) is 2. The zero-order chi connectivity index (χ0) is 14.2. The molecule has 1 saturated carbocycles. The summed E-state index contributed by atoms with van der Waals surface area (Å²) in [5.74, 6) is -0.908. The van der Waals surface area contributed by atoms with Crippen molar-refractivity contribution in [2.45, 2.75) is 45.1 Å². The van der Waals surface area contributed by atoms with Crippen molar-refractivity contribution < 1.29 is 14.7 Å². The van der Waals surface area contributed by atoms with Crippen LogP contribution >= 0.6 is 11.3 Å². The third-order valence-electron chi connectivity index (χ3n) is 3.94. The summed E-state index contributed by atoms with van der Waals surface area (Å²) in [6, 6.07) is 2.06. The second-order valence-electron chi connectivity index (χ2n) is 5.40. The summed E-state index contributed by atoms with van der Waals surface area (Å²) < 4.78 is 0. The van der Waals surface area contributed by atoms with Crippen LogP contribution in [0, 0.1) is 12.8 Å². The van der Waals surface area contributed by atoms with Gasteiger partial charge in [0.2, 0.25) is 5.91 Å². The molecule has 4 nitrogen and oxygen atoms in total. The molecule has 0 bridgehead atoms. The number of carbonyl (C=O) groups excluding carboxylic acids is 1. The molecule has 0 aliphatic heterocycles. The first kappa shape index (κ1) is 14.1. The van der Waals surface area contributed by atoms with E-state index in [9.17, 15) is 9.59 Å². The van der Waals surface area contributed by atoms with Crippen LogP contribution in [0.3, 0.4) is 0 Å². The molecule has 1 aliphatic carbocycles. The molecule has 3 atom stereocenters. The summed E-state index contributed by atoms with van der Waals surface area (Å²) in [7, 11) is 0. The number of hydrogen-bond acceptors (Lipinski definition) is 3. The first-order valence-electron chi connectivity index (χ1n) is 6.48. The molecule has 1 heterocycles. The highest BCUT2D eigenvalue weighted by Crippen LogP contribution is 2.50. The van der Waals surface area contributed by atoms with E-state index in [1.165, 1.54) is 10.4 Å². The van der Waals surface area contributed by atoms with Crippen molar-refractivity contribution in [1.82, 2.24) is 5.32 Å². The Morgan fingerprint density at radius 3 is 2.74 bits per heavy atom. The van der Waals surface area contributed by atoms with Gasteiger partial charge < -0.3 is 10.4 Å². The fraction of sp³-hybridized carbons (Fsp3) is 0.571. The molecule has 0 aromatic carbocycles. The maximum absolute atomic E-state index is 12.1. The van der Waals surface area contributed by atoms with Gasteiger partial charge in [-0.3, -0.25) is 4.79 Å². The molecular formula is C14H19NO3S. The fourth-order valence-electron chi connectivity index (χ4n) is 2.20. The van der Waals surface area contributed by atoms with Gasteiger partial charge in [0.15, 0.2) is 0 Å². The number of carboxylic acid groups (broad SMARTS) is 1. The number of nitrogens with one attached hydrogen (secondary N) is 1. The Hall–Kier alpha value is -1.36. The van der Waals surface area contributed by atoms with E-state index in [4.69, 9.17) is 5.11 Å². The van der Waals surface area contributed by atoms with Crippen LogP contribution in [0.5, 0.6) is 0 Å². The Balaban J connectivity index is 2.00. The molecular weight excluding hydrogens is 262 g/mol. The molecule has 0 spiro atoms. The predicted molar refractivity (Wildman–Crippen MR) is 74.4 cm³/mol. The largest absolute Gasteiger partial charge is 0.480 e. The Labute approximate surface area is 116 Å². The van der Waals surface area contributed by atoms with Gasteiger partial charge in [0, 0.05) is 16.7 Å². The van der Waals surface area contributed by atoms with Crippen LogP contribution < -0.4 is 5.32 Å². The Kier molecular flexibility index (Phi) is 3.67. The highest BCUT2D eigenvalue weighted by Gasteiger charge is 2.47. The minimum Gasteiger partial charge on any atom is -0.480 e. The number of aryl methyl sites for hydroxylation is 1. The first-order chi connectivity index (χ1) is 8.89. The van der Waals surface area contributed by atoms with E-state index in [0.29, 0.717) is 6.42 Å². The van der Waals surface area contributed by atoms with Crippen LogP contribution in [0.2, 0.25) is 0 Å². The highest BCUT2D eigenvalue weighted by atomic mass is 32.1. The molecule has 2 N–H and O–H groups in total. The van der Waals surface area contributed by atoms with Crippen molar-refractivity contribution in [2.24, 2.45) is 5.92 Å². The topological polar surface area (TPSA) is 66.4 Å². The van der Waals surface area contributed by atoms with E-state index < -0.39 is 11.5 Å². The molecule has 1 aromatic rings. The van der Waals surface area contributed by atoms with Gasteiger partial charge in [-0.05, 0) is 43.7 Å². The van der Waals surface area contributed by atoms with Crippen LogP contribution in [0.25, 0.3) is 0 Å². The Morgan fingerprint density at radius 2 is 2.26 bits per heavy atom. The number of amides is 1. The van der Waals surface area contributed by atoms with Crippen molar-refractivity contribution >= 4 is 23.2 Å². The highest BCUT2D eigenvalue weighted by molar-refractivity contribution is 7.10. The average molecular weight is 281 g/mol. The van der Waals surface area contributed by atoms with Crippen LogP contribution in [-0.4, -0.2) is 22.5 Å². The van der Waals surface area contributed by atoms with Crippen molar-refractivity contribution in [3.8, 4) is 0 Å². The van der Waals surface area contributed by atoms with Gasteiger partial charge >= 0.3 is 5.97 Å².